The van der Waals surface area contributed by atoms with Crippen LogP contribution in [0.1, 0.15) is 12.6 Å². The number of fused-ring (bicyclic) bond motifs is 3. The number of benzene rings is 1. The summed E-state index contributed by atoms with van der Waals surface area (Å²) in [6.45, 7) is 3.14. The van der Waals surface area contributed by atoms with Crippen LogP contribution in [0.25, 0.3) is 27.6 Å². The molecule has 0 saturated heterocycles. The second-order valence-electron chi connectivity index (χ2n) is 6.23. The minimum Gasteiger partial charge on any atom is -0.443 e. The molecule has 1 aromatic carbocycles. The fraction of sp³-hybridized carbons (Fsp3) is 0.222. The van der Waals surface area contributed by atoms with Crippen LogP contribution in [0.4, 0.5) is 0 Å². The molecule has 0 spiro atoms. The van der Waals surface area contributed by atoms with Crippen LogP contribution < -0.4 is 5.69 Å². The lowest BCUT2D eigenvalue weighted by Gasteiger charge is -2.05. The van der Waals surface area contributed by atoms with Gasteiger partial charge in [-0.15, -0.1) is 0 Å². The SMILES string of the molecule is CC(=O)OCn1cc(-n2c(=O)n(C)c3cnc4ccc(Br)cc4c32)c(C)n1. The number of rotatable bonds is 3. The third kappa shape index (κ3) is 2.84. The largest absolute Gasteiger partial charge is 0.443 e. The molecule has 0 unspecified atom stereocenters. The lowest BCUT2D eigenvalue weighted by Crippen LogP contribution is -2.21. The van der Waals surface area contributed by atoms with Crippen molar-refractivity contribution in [3.05, 3.63) is 51.2 Å². The molecule has 0 aliphatic rings. The zero-order valence-electron chi connectivity index (χ0n) is 14.9. The van der Waals surface area contributed by atoms with Crippen molar-refractivity contribution in [2.45, 2.75) is 20.6 Å². The molecule has 138 valence electrons. The highest BCUT2D eigenvalue weighted by molar-refractivity contribution is 9.10. The third-order valence-electron chi connectivity index (χ3n) is 4.41. The zero-order chi connectivity index (χ0) is 19.3. The van der Waals surface area contributed by atoms with Crippen LogP contribution in [0.15, 0.2) is 39.9 Å². The van der Waals surface area contributed by atoms with Crippen LogP contribution in [0, 0.1) is 6.92 Å². The Morgan fingerprint density at radius 3 is 2.85 bits per heavy atom. The number of carbonyl (C=O) groups excluding carboxylic acids is 1. The molecule has 0 N–H and O–H groups in total. The van der Waals surface area contributed by atoms with E-state index in [1.165, 1.54) is 11.6 Å². The number of aromatic nitrogens is 5. The van der Waals surface area contributed by atoms with Gasteiger partial charge in [-0.25, -0.2) is 9.48 Å². The topological polar surface area (TPSA) is 83.9 Å². The molecule has 8 nitrogen and oxygen atoms in total. The number of esters is 1. The maximum Gasteiger partial charge on any atom is 0.333 e. The smallest absolute Gasteiger partial charge is 0.333 e. The van der Waals surface area contributed by atoms with Crippen LogP contribution in [-0.4, -0.2) is 29.9 Å². The Bertz CT molecular complexity index is 1270. The van der Waals surface area contributed by atoms with Crippen LogP contribution in [0.3, 0.4) is 0 Å². The molecule has 0 amide bonds. The zero-order valence-corrected chi connectivity index (χ0v) is 16.5. The summed E-state index contributed by atoms with van der Waals surface area (Å²) in [5.74, 6) is -0.394. The predicted molar refractivity (Wildman–Crippen MR) is 104 cm³/mol. The van der Waals surface area contributed by atoms with Gasteiger partial charge < -0.3 is 4.74 Å². The van der Waals surface area contributed by atoms with Gasteiger partial charge in [0.05, 0.1) is 40.3 Å². The van der Waals surface area contributed by atoms with E-state index >= 15 is 0 Å². The number of carbonyl (C=O) groups is 1. The fourth-order valence-corrected chi connectivity index (χ4v) is 3.50. The molecule has 0 aliphatic heterocycles. The Hall–Kier alpha value is -2.94. The summed E-state index contributed by atoms with van der Waals surface area (Å²) < 4.78 is 10.6. The van der Waals surface area contributed by atoms with Gasteiger partial charge in [0.15, 0.2) is 6.73 Å². The van der Waals surface area contributed by atoms with Gasteiger partial charge in [0.25, 0.3) is 0 Å². The summed E-state index contributed by atoms with van der Waals surface area (Å²) in [6.07, 6.45) is 3.39. The summed E-state index contributed by atoms with van der Waals surface area (Å²) in [6, 6.07) is 5.76. The van der Waals surface area contributed by atoms with Gasteiger partial charge >= 0.3 is 11.7 Å². The first-order chi connectivity index (χ1) is 12.9. The molecule has 0 saturated carbocycles. The Kier molecular flexibility index (Phi) is 4.11. The Balaban J connectivity index is 2.02. The minimum absolute atomic E-state index is 0.0104. The molecule has 4 aromatic rings. The molecule has 9 heteroatoms. The summed E-state index contributed by atoms with van der Waals surface area (Å²) in [7, 11) is 1.71. The van der Waals surface area contributed by atoms with E-state index in [2.05, 4.69) is 26.0 Å². The number of pyridine rings is 1. The van der Waals surface area contributed by atoms with Gasteiger partial charge in [-0.3, -0.25) is 18.9 Å². The van der Waals surface area contributed by atoms with Crippen molar-refractivity contribution in [2.75, 3.05) is 0 Å². The lowest BCUT2D eigenvalue weighted by atomic mass is 10.2. The first-order valence-electron chi connectivity index (χ1n) is 8.20. The van der Waals surface area contributed by atoms with Gasteiger partial charge in [0.2, 0.25) is 0 Å². The molecule has 3 heterocycles. The van der Waals surface area contributed by atoms with E-state index in [0.717, 1.165) is 26.4 Å². The van der Waals surface area contributed by atoms with Crippen molar-refractivity contribution in [3.63, 3.8) is 0 Å². The maximum absolute atomic E-state index is 13.0. The molecular weight excluding hydrogens is 414 g/mol. The summed E-state index contributed by atoms with van der Waals surface area (Å²) >= 11 is 3.49. The third-order valence-corrected chi connectivity index (χ3v) is 4.90. The Morgan fingerprint density at radius 2 is 2.11 bits per heavy atom. The first-order valence-corrected chi connectivity index (χ1v) is 8.99. The minimum atomic E-state index is -0.394. The highest BCUT2D eigenvalue weighted by Crippen LogP contribution is 2.28. The quantitative estimate of drug-likeness (QED) is 0.467. The van der Waals surface area contributed by atoms with E-state index in [1.807, 2.05) is 25.1 Å². The summed E-state index contributed by atoms with van der Waals surface area (Å²) in [5, 5.41) is 5.21. The van der Waals surface area contributed by atoms with Gasteiger partial charge in [-0.05, 0) is 25.1 Å². The maximum atomic E-state index is 13.0. The summed E-state index contributed by atoms with van der Waals surface area (Å²) in [4.78, 5) is 28.5. The molecule has 0 fully saturated rings. The van der Waals surface area contributed by atoms with E-state index < -0.39 is 5.97 Å². The Morgan fingerprint density at radius 1 is 1.33 bits per heavy atom. The normalized spacial score (nSPS) is 11.4. The van der Waals surface area contributed by atoms with Gasteiger partial charge in [0.1, 0.15) is 0 Å². The highest BCUT2D eigenvalue weighted by atomic mass is 79.9. The second-order valence-corrected chi connectivity index (χ2v) is 7.15. The molecular formula is C18H16BrN5O3. The average Bonchev–Trinajstić information content (AvgIpc) is 3.11. The van der Waals surface area contributed by atoms with E-state index in [-0.39, 0.29) is 12.4 Å². The van der Waals surface area contributed by atoms with Crippen molar-refractivity contribution in [2.24, 2.45) is 7.05 Å². The van der Waals surface area contributed by atoms with Gasteiger partial charge in [0, 0.05) is 23.8 Å². The van der Waals surface area contributed by atoms with Crippen LogP contribution in [-0.2, 0) is 23.3 Å². The van der Waals surface area contributed by atoms with Crippen molar-refractivity contribution < 1.29 is 9.53 Å². The molecule has 27 heavy (non-hydrogen) atoms. The van der Waals surface area contributed by atoms with E-state index in [1.54, 1.807) is 28.6 Å². The van der Waals surface area contributed by atoms with Crippen LogP contribution in [0.2, 0.25) is 0 Å². The number of imidazole rings is 1. The number of aryl methyl sites for hydroxylation is 2. The second kappa shape index (κ2) is 6.34. The molecule has 0 atom stereocenters. The standard InChI is InChI=1S/C18H16BrN5O3/c1-10-16(8-23(21-10)9-27-11(2)25)24-17-13-6-12(19)4-5-14(13)20-7-15(17)22(3)18(24)26/h4-8H,9H2,1-3H3. The van der Waals surface area contributed by atoms with E-state index in [0.29, 0.717) is 11.4 Å². The number of nitrogens with zero attached hydrogens (tertiary/aromatic N) is 5. The van der Waals surface area contributed by atoms with Crippen molar-refractivity contribution in [1.82, 2.24) is 23.9 Å². The van der Waals surface area contributed by atoms with Crippen molar-refractivity contribution in [3.8, 4) is 5.69 Å². The van der Waals surface area contributed by atoms with E-state index in [4.69, 9.17) is 4.74 Å². The molecule has 0 radical (unpaired) electrons. The van der Waals surface area contributed by atoms with Crippen LogP contribution >= 0.6 is 15.9 Å². The van der Waals surface area contributed by atoms with Gasteiger partial charge in [-0.1, -0.05) is 15.9 Å². The molecule has 3 aromatic heterocycles. The molecule has 4 rings (SSSR count). The van der Waals surface area contributed by atoms with Crippen molar-refractivity contribution >= 4 is 43.8 Å². The number of hydrogen-bond acceptors (Lipinski definition) is 5. The van der Waals surface area contributed by atoms with E-state index in [9.17, 15) is 9.59 Å². The number of ether oxygens (including phenoxy) is 1. The Labute approximate surface area is 162 Å². The molecule has 0 aliphatic carbocycles. The highest BCUT2D eigenvalue weighted by Gasteiger charge is 2.19. The average molecular weight is 430 g/mol. The number of halogens is 1. The first kappa shape index (κ1) is 17.5. The van der Waals surface area contributed by atoms with Crippen molar-refractivity contribution in [1.29, 1.82) is 0 Å². The van der Waals surface area contributed by atoms with Gasteiger partial charge in [-0.2, -0.15) is 5.10 Å². The lowest BCUT2D eigenvalue weighted by molar-refractivity contribution is -0.145. The number of hydrogen-bond donors (Lipinski definition) is 0. The summed E-state index contributed by atoms with van der Waals surface area (Å²) in [5.41, 5.74) is 3.34. The molecule has 0 bridgehead atoms. The van der Waals surface area contributed by atoms with Crippen LogP contribution in [0.5, 0.6) is 0 Å². The monoisotopic (exact) mass is 429 g/mol. The fourth-order valence-electron chi connectivity index (χ4n) is 3.14. The predicted octanol–water partition coefficient (Wildman–Crippen LogP) is 2.67.